The Morgan fingerprint density at radius 3 is 3.12 bits per heavy atom. The molecule has 2 rings (SSSR count). The lowest BCUT2D eigenvalue weighted by atomic mass is 10.1. The summed E-state index contributed by atoms with van der Waals surface area (Å²) in [6.07, 6.45) is 5.52. The minimum Gasteiger partial charge on any atom is -0.378 e. The third-order valence-corrected chi connectivity index (χ3v) is 4.00. The lowest BCUT2D eigenvalue weighted by Crippen LogP contribution is -2.16. The third kappa shape index (κ3) is 3.89. The Balaban J connectivity index is 1.51. The summed E-state index contributed by atoms with van der Waals surface area (Å²) in [6, 6.07) is 4.40. The first-order valence-corrected chi connectivity index (χ1v) is 7.04. The fraction of sp³-hybridized carbons (Fsp3) is 0.692. The van der Waals surface area contributed by atoms with E-state index in [-0.39, 0.29) is 0 Å². The summed E-state index contributed by atoms with van der Waals surface area (Å²) in [5, 5.41) is 3.49. The van der Waals surface area contributed by atoms with E-state index in [1.807, 2.05) is 11.3 Å². The first-order valence-electron chi connectivity index (χ1n) is 6.22. The molecule has 1 atom stereocenters. The maximum atomic E-state index is 5.60. The molecular weight excluding hydrogens is 218 g/mol. The Bertz CT molecular complexity index is 305. The second kappa shape index (κ2) is 6.38. The Morgan fingerprint density at radius 2 is 2.44 bits per heavy atom. The van der Waals surface area contributed by atoms with Gasteiger partial charge in [0.1, 0.15) is 0 Å². The van der Waals surface area contributed by atoms with Gasteiger partial charge in [-0.3, -0.25) is 0 Å². The minimum absolute atomic E-state index is 0.547. The van der Waals surface area contributed by atoms with Gasteiger partial charge in [0.05, 0.1) is 6.10 Å². The van der Waals surface area contributed by atoms with Crippen LogP contribution in [-0.2, 0) is 11.3 Å². The van der Waals surface area contributed by atoms with Crippen molar-refractivity contribution in [2.45, 2.75) is 45.3 Å². The van der Waals surface area contributed by atoms with E-state index in [1.165, 1.54) is 35.4 Å². The summed E-state index contributed by atoms with van der Waals surface area (Å²) in [6.45, 7) is 5.26. The van der Waals surface area contributed by atoms with Gasteiger partial charge in [-0.15, -0.1) is 11.3 Å². The Morgan fingerprint density at radius 1 is 1.50 bits per heavy atom. The first kappa shape index (κ1) is 12.1. The van der Waals surface area contributed by atoms with Crippen molar-refractivity contribution in [1.82, 2.24) is 5.32 Å². The standard InChI is InChI=1S/C13H21NOS/c1-11-6-7-13(16-11)10-14-8-2-4-12-5-3-9-15-12/h6-7,12,14H,2-5,8-10H2,1H3. The van der Waals surface area contributed by atoms with Crippen LogP contribution in [0.15, 0.2) is 12.1 Å². The quantitative estimate of drug-likeness (QED) is 0.770. The van der Waals surface area contributed by atoms with Crippen molar-refractivity contribution >= 4 is 11.3 Å². The number of rotatable bonds is 6. The fourth-order valence-corrected chi connectivity index (χ4v) is 2.98. The van der Waals surface area contributed by atoms with Crippen LogP contribution in [0.4, 0.5) is 0 Å². The van der Waals surface area contributed by atoms with Gasteiger partial charge in [0.2, 0.25) is 0 Å². The van der Waals surface area contributed by atoms with Crippen molar-refractivity contribution in [3.63, 3.8) is 0 Å². The second-order valence-corrected chi connectivity index (χ2v) is 5.84. The fourth-order valence-electron chi connectivity index (χ4n) is 2.12. The highest BCUT2D eigenvalue weighted by Gasteiger charge is 2.14. The van der Waals surface area contributed by atoms with Gasteiger partial charge in [0, 0.05) is 22.9 Å². The largest absolute Gasteiger partial charge is 0.378 e. The van der Waals surface area contributed by atoms with Crippen LogP contribution in [0.5, 0.6) is 0 Å². The molecule has 1 aliphatic rings. The van der Waals surface area contributed by atoms with E-state index >= 15 is 0 Å². The molecule has 0 radical (unpaired) electrons. The number of ether oxygens (including phenoxy) is 1. The molecule has 1 unspecified atom stereocenters. The maximum Gasteiger partial charge on any atom is 0.0576 e. The highest BCUT2D eigenvalue weighted by Crippen LogP contribution is 2.17. The summed E-state index contributed by atoms with van der Waals surface area (Å²) in [5.41, 5.74) is 0. The van der Waals surface area contributed by atoms with E-state index in [4.69, 9.17) is 4.74 Å². The van der Waals surface area contributed by atoms with Crippen LogP contribution in [-0.4, -0.2) is 19.3 Å². The number of aryl methyl sites for hydroxylation is 1. The average molecular weight is 239 g/mol. The highest BCUT2D eigenvalue weighted by molar-refractivity contribution is 7.11. The van der Waals surface area contributed by atoms with Crippen molar-refractivity contribution in [1.29, 1.82) is 0 Å². The van der Waals surface area contributed by atoms with Crippen molar-refractivity contribution < 1.29 is 4.74 Å². The van der Waals surface area contributed by atoms with Gasteiger partial charge in [-0.05, 0) is 51.3 Å². The predicted molar refractivity (Wildman–Crippen MR) is 69.0 cm³/mol. The molecule has 1 N–H and O–H groups in total. The minimum atomic E-state index is 0.547. The van der Waals surface area contributed by atoms with Gasteiger partial charge >= 0.3 is 0 Å². The summed E-state index contributed by atoms with van der Waals surface area (Å²) in [4.78, 5) is 2.84. The van der Waals surface area contributed by atoms with Crippen molar-refractivity contribution in [3.8, 4) is 0 Å². The van der Waals surface area contributed by atoms with Gasteiger partial charge in [0.25, 0.3) is 0 Å². The molecule has 2 nitrogen and oxygen atoms in total. The smallest absolute Gasteiger partial charge is 0.0576 e. The molecule has 1 saturated heterocycles. The SMILES string of the molecule is Cc1ccc(CNCCCC2CCCO2)s1. The van der Waals surface area contributed by atoms with Crippen molar-refractivity contribution in [2.24, 2.45) is 0 Å². The van der Waals surface area contributed by atoms with Crippen LogP contribution in [0.25, 0.3) is 0 Å². The summed E-state index contributed by atoms with van der Waals surface area (Å²) in [7, 11) is 0. The zero-order valence-corrected chi connectivity index (χ0v) is 10.8. The van der Waals surface area contributed by atoms with E-state index < -0.39 is 0 Å². The van der Waals surface area contributed by atoms with Gasteiger partial charge in [-0.25, -0.2) is 0 Å². The molecule has 0 aliphatic carbocycles. The van der Waals surface area contributed by atoms with Gasteiger partial charge in [-0.2, -0.15) is 0 Å². The number of thiophene rings is 1. The van der Waals surface area contributed by atoms with Crippen molar-refractivity contribution in [2.75, 3.05) is 13.2 Å². The molecule has 0 aromatic carbocycles. The third-order valence-electron chi connectivity index (χ3n) is 3.00. The monoisotopic (exact) mass is 239 g/mol. The van der Waals surface area contributed by atoms with Crippen LogP contribution >= 0.6 is 11.3 Å². The molecule has 1 aliphatic heterocycles. The van der Waals surface area contributed by atoms with E-state index in [2.05, 4.69) is 24.4 Å². The zero-order chi connectivity index (χ0) is 11.2. The van der Waals surface area contributed by atoms with E-state index in [0.717, 1.165) is 19.7 Å². The molecule has 1 fully saturated rings. The topological polar surface area (TPSA) is 21.3 Å². The molecule has 1 aromatic heterocycles. The Kier molecular flexibility index (Phi) is 4.82. The highest BCUT2D eigenvalue weighted by atomic mass is 32.1. The molecule has 0 bridgehead atoms. The summed E-state index contributed by atoms with van der Waals surface area (Å²) < 4.78 is 5.60. The van der Waals surface area contributed by atoms with E-state index in [0.29, 0.717) is 6.10 Å². The summed E-state index contributed by atoms with van der Waals surface area (Å²) >= 11 is 1.88. The lowest BCUT2D eigenvalue weighted by Gasteiger charge is -2.08. The summed E-state index contributed by atoms with van der Waals surface area (Å²) in [5.74, 6) is 0. The molecule has 2 heterocycles. The normalized spacial score (nSPS) is 20.4. The predicted octanol–water partition coefficient (Wildman–Crippen LogP) is 3.11. The number of nitrogens with one attached hydrogen (secondary N) is 1. The molecule has 0 spiro atoms. The Labute approximate surface area is 102 Å². The lowest BCUT2D eigenvalue weighted by molar-refractivity contribution is 0.102. The van der Waals surface area contributed by atoms with E-state index in [9.17, 15) is 0 Å². The number of hydrogen-bond acceptors (Lipinski definition) is 3. The van der Waals surface area contributed by atoms with Gasteiger partial charge in [0.15, 0.2) is 0 Å². The first-order chi connectivity index (χ1) is 7.84. The number of hydrogen-bond donors (Lipinski definition) is 1. The average Bonchev–Trinajstić information content (AvgIpc) is 2.89. The van der Waals surface area contributed by atoms with Crippen LogP contribution in [0.3, 0.4) is 0 Å². The van der Waals surface area contributed by atoms with Crippen LogP contribution < -0.4 is 5.32 Å². The molecule has 90 valence electrons. The van der Waals surface area contributed by atoms with Crippen molar-refractivity contribution in [3.05, 3.63) is 21.9 Å². The van der Waals surface area contributed by atoms with Crippen LogP contribution in [0, 0.1) is 6.92 Å². The molecule has 0 saturated carbocycles. The molecule has 1 aromatic rings. The molecule has 3 heteroatoms. The Hall–Kier alpha value is -0.380. The molecule has 0 amide bonds. The maximum absolute atomic E-state index is 5.60. The van der Waals surface area contributed by atoms with E-state index in [1.54, 1.807) is 0 Å². The van der Waals surface area contributed by atoms with Gasteiger partial charge < -0.3 is 10.1 Å². The molecule has 16 heavy (non-hydrogen) atoms. The molecular formula is C13H21NOS. The zero-order valence-electron chi connectivity index (χ0n) is 10.00. The van der Waals surface area contributed by atoms with Crippen LogP contribution in [0.2, 0.25) is 0 Å². The van der Waals surface area contributed by atoms with Gasteiger partial charge in [-0.1, -0.05) is 0 Å². The second-order valence-electron chi connectivity index (χ2n) is 4.47. The van der Waals surface area contributed by atoms with Crippen LogP contribution in [0.1, 0.15) is 35.4 Å².